The van der Waals surface area contributed by atoms with Gasteiger partial charge < -0.3 is 5.11 Å². The van der Waals surface area contributed by atoms with E-state index in [0.717, 1.165) is 48.7 Å². The van der Waals surface area contributed by atoms with Crippen LogP contribution in [0.2, 0.25) is 0 Å². The highest BCUT2D eigenvalue weighted by Crippen LogP contribution is 2.42. The summed E-state index contributed by atoms with van der Waals surface area (Å²) in [5, 5.41) is 13.8. The molecule has 0 saturated heterocycles. The molecule has 0 unspecified atom stereocenters. The molecule has 1 aromatic rings. The molecule has 1 aliphatic rings. The molecule has 1 aromatic heterocycles. The van der Waals surface area contributed by atoms with Crippen LogP contribution < -0.4 is 0 Å². The predicted octanol–water partition coefficient (Wildman–Crippen LogP) is 3.96. The van der Waals surface area contributed by atoms with Crippen LogP contribution in [0.1, 0.15) is 57.2 Å². The van der Waals surface area contributed by atoms with Gasteiger partial charge in [0.2, 0.25) is 0 Å². The Morgan fingerprint density at radius 3 is 2.44 bits per heavy atom. The van der Waals surface area contributed by atoms with Crippen molar-refractivity contribution in [2.24, 2.45) is 11.3 Å². The molecular formula is C15H25NOS. The van der Waals surface area contributed by atoms with Gasteiger partial charge in [-0.3, -0.25) is 0 Å². The summed E-state index contributed by atoms with van der Waals surface area (Å²) >= 11 is 1.68. The minimum absolute atomic E-state index is 0.374. The molecule has 1 fully saturated rings. The van der Waals surface area contributed by atoms with Crippen molar-refractivity contribution >= 4 is 11.3 Å². The van der Waals surface area contributed by atoms with Gasteiger partial charge >= 0.3 is 0 Å². The molecule has 0 spiro atoms. The zero-order chi connectivity index (χ0) is 13.4. The maximum Gasteiger partial charge on any atom is 0.0956 e. The van der Waals surface area contributed by atoms with Crippen LogP contribution in [0.4, 0.5) is 0 Å². The van der Waals surface area contributed by atoms with Crippen LogP contribution in [0, 0.1) is 18.3 Å². The summed E-state index contributed by atoms with van der Waals surface area (Å²) in [5.41, 5.74) is 0.937. The van der Waals surface area contributed by atoms with Crippen molar-refractivity contribution in [2.45, 2.75) is 65.4 Å². The van der Waals surface area contributed by atoms with Crippen LogP contribution >= 0.6 is 11.3 Å². The smallest absolute Gasteiger partial charge is 0.0956 e. The van der Waals surface area contributed by atoms with E-state index in [4.69, 9.17) is 0 Å². The molecular weight excluding hydrogens is 242 g/mol. The standard InChI is InChI=1S/C15H25NOS/c1-11-10-18-13(16-11)9-15(17)7-5-12(6-8-15)14(2,3)4/h10,12,17H,5-9H2,1-4H3. The van der Waals surface area contributed by atoms with E-state index < -0.39 is 5.60 Å². The first-order valence-electron chi connectivity index (χ1n) is 6.92. The lowest BCUT2D eigenvalue weighted by Crippen LogP contribution is -2.39. The van der Waals surface area contributed by atoms with Crippen LogP contribution in [-0.4, -0.2) is 15.7 Å². The lowest BCUT2D eigenvalue weighted by molar-refractivity contribution is -0.0245. The van der Waals surface area contributed by atoms with Crippen LogP contribution in [0.3, 0.4) is 0 Å². The third-order valence-electron chi connectivity index (χ3n) is 4.29. The van der Waals surface area contributed by atoms with Gasteiger partial charge in [-0.15, -0.1) is 11.3 Å². The number of aromatic nitrogens is 1. The Hall–Kier alpha value is -0.410. The van der Waals surface area contributed by atoms with Crippen molar-refractivity contribution in [1.82, 2.24) is 4.98 Å². The second-order valence-electron chi connectivity index (χ2n) is 6.92. The zero-order valence-electron chi connectivity index (χ0n) is 12.0. The van der Waals surface area contributed by atoms with Crippen molar-refractivity contribution in [3.63, 3.8) is 0 Å². The van der Waals surface area contributed by atoms with Crippen molar-refractivity contribution < 1.29 is 5.11 Å². The minimum Gasteiger partial charge on any atom is -0.389 e. The molecule has 0 atom stereocenters. The number of hydrogen-bond donors (Lipinski definition) is 1. The molecule has 0 amide bonds. The molecule has 0 aliphatic heterocycles. The van der Waals surface area contributed by atoms with Gasteiger partial charge in [-0.1, -0.05) is 20.8 Å². The molecule has 18 heavy (non-hydrogen) atoms. The molecule has 1 aliphatic carbocycles. The molecule has 3 heteroatoms. The highest BCUT2D eigenvalue weighted by molar-refractivity contribution is 7.09. The molecule has 0 bridgehead atoms. The summed E-state index contributed by atoms with van der Waals surface area (Å²) < 4.78 is 0. The summed E-state index contributed by atoms with van der Waals surface area (Å²) in [7, 11) is 0. The number of rotatable bonds is 2. The van der Waals surface area contributed by atoms with Gasteiger partial charge in [0, 0.05) is 17.5 Å². The van der Waals surface area contributed by atoms with Crippen LogP contribution in [0.15, 0.2) is 5.38 Å². The fourth-order valence-electron chi connectivity index (χ4n) is 2.96. The quantitative estimate of drug-likeness (QED) is 0.879. The Balaban J connectivity index is 1.95. The average Bonchev–Trinajstić information content (AvgIpc) is 2.62. The number of hydrogen-bond acceptors (Lipinski definition) is 3. The van der Waals surface area contributed by atoms with Gasteiger partial charge in [-0.25, -0.2) is 4.98 Å². The Kier molecular flexibility index (Phi) is 3.84. The average molecular weight is 267 g/mol. The first kappa shape index (κ1) is 14.0. The van der Waals surface area contributed by atoms with E-state index in [9.17, 15) is 5.11 Å². The number of aryl methyl sites for hydroxylation is 1. The van der Waals surface area contributed by atoms with E-state index in [0.29, 0.717) is 5.41 Å². The third kappa shape index (κ3) is 3.33. The molecule has 1 heterocycles. The van der Waals surface area contributed by atoms with Gasteiger partial charge in [0.1, 0.15) is 0 Å². The SMILES string of the molecule is Cc1csc(CC2(O)CCC(C(C)(C)C)CC2)n1. The van der Waals surface area contributed by atoms with E-state index in [1.807, 2.05) is 6.92 Å². The molecule has 0 radical (unpaired) electrons. The maximum atomic E-state index is 10.7. The van der Waals surface area contributed by atoms with E-state index >= 15 is 0 Å². The highest BCUT2D eigenvalue weighted by atomic mass is 32.1. The van der Waals surface area contributed by atoms with Gasteiger partial charge in [0.15, 0.2) is 0 Å². The van der Waals surface area contributed by atoms with Gasteiger partial charge in [-0.2, -0.15) is 0 Å². The topological polar surface area (TPSA) is 33.1 Å². The summed E-state index contributed by atoms with van der Waals surface area (Å²) in [6.07, 6.45) is 4.87. The van der Waals surface area contributed by atoms with Crippen molar-refractivity contribution in [3.8, 4) is 0 Å². The number of thiazole rings is 1. The predicted molar refractivity (Wildman–Crippen MR) is 76.9 cm³/mol. The van der Waals surface area contributed by atoms with Crippen molar-refractivity contribution in [3.05, 3.63) is 16.1 Å². The van der Waals surface area contributed by atoms with Gasteiger partial charge in [-0.05, 0) is 43.9 Å². The second-order valence-corrected chi connectivity index (χ2v) is 7.87. The highest BCUT2D eigenvalue weighted by Gasteiger charge is 2.37. The zero-order valence-corrected chi connectivity index (χ0v) is 12.8. The van der Waals surface area contributed by atoms with Crippen molar-refractivity contribution in [2.75, 3.05) is 0 Å². The number of nitrogens with zero attached hydrogens (tertiary/aromatic N) is 1. The van der Waals surface area contributed by atoms with E-state index in [2.05, 4.69) is 31.1 Å². The van der Waals surface area contributed by atoms with Crippen LogP contribution in [-0.2, 0) is 6.42 Å². The summed E-state index contributed by atoms with van der Waals surface area (Å²) in [6.45, 7) is 8.95. The molecule has 1 saturated carbocycles. The molecule has 0 aromatic carbocycles. The fourth-order valence-corrected chi connectivity index (χ4v) is 3.87. The van der Waals surface area contributed by atoms with Crippen LogP contribution in [0.5, 0.6) is 0 Å². The Labute approximate surface area is 114 Å². The largest absolute Gasteiger partial charge is 0.389 e. The summed E-state index contributed by atoms with van der Waals surface area (Å²) in [5.74, 6) is 0.746. The van der Waals surface area contributed by atoms with E-state index in [-0.39, 0.29) is 0 Å². The van der Waals surface area contributed by atoms with Gasteiger partial charge in [0.25, 0.3) is 0 Å². The lowest BCUT2D eigenvalue weighted by Gasteiger charge is -2.41. The second kappa shape index (κ2) is 4.93. The monoisotopic (exact) mass is 267 g/mol. The Morgan fingerprint density at radius 2 is 2.00 bits per heavy atom. The molecule has 2 nitrogen and oxygen atoms in total. The summed E-state index contributed by atoms with van der Waals surface area (Å²) in [4.78, 5) is 4.48. The Morgan fingerprint density at radius 1 is 1.39 bits per heavy atom. The maximum absolute atomic E-state index is 10.7. The van der Waals surface area contributed by atoms with E-state index in [1.54, 1.807) is 11.3 Å². The van der Waals surface area contributed by atoms with Crippen molar-refractivity contribution in [1.29, 1.82) is 0 Å². The first-order valence-corrected chi connectivity index (χ1v) is 7.80. The van der Waals surface area contributed by atoms with E-state index in [1.165, 1.54) is 0 Å². The fraction of sp³-hybridized carbons (Fsp3) is 0.800. The minimum atomic E-state index is -0.508. The molecule has 1 N–H and O–H groups in total. The first-order chi connectivity index (χ1) is 8.28. The third-order valence-corrected chi connectivity index (χ3v) is 5.25. The molecule has 2 rings (SSSR count). The van der Waals surface area contributed by atoms with Gasteiger partial charge in [0.05, 0.1) is 10.6 Å². The van der Waals surface area contributed by atoms with Crippen LogP contribution in [0.25, 0.3) is 0 Å². The lowest BCUT2D eigenvalue weighted by atomic mass is 9.68. The number of aliphatic hydroxyl groups is 1. The Bertz CT molecular complexity index is 397. The molecule has 102 valence electrons. The summed E-state index contributed by atoms with van der Waals surface area (Å²) in [6, 6.07) is 0. The normalized spacial score (nSPS) is 29.5.